The molecule has 10 atom stereocenters. The van der Waals surface area contributed by atoms with Gasteiger partial charge in [-0.3, -0.25) is 0 Å². The van der Waals surface area contributed by atoms with E-state index in [-0.39, 0.29) is 35.6 Å². The highest BCUT2D eigenvalue weighted by atomic mass is 16.3. The summed E-state index contributed by atoms with van der Waals surface area (Å²) in [5.74, 6) is 3.16. The van der Waals surface area contributed by atoms with Crippen LogP contribution >= 0.6 is 0 Å². The summed E-state index contributed by atoms with van der Waals surface area (Å²) in [5.41, 5.74) is 1.68. The molecule has 0 heterocycles. The molecular formula is C21H32O3. The molecule has 0 saturated heterocycles. The van der Waals surface area contributed by atoms with Gasteiger partial charge in [0.25, 0.3) is 0 Å². The van der Waals surface area contributed by atoms with Crippen LogP contribution < -0.4 is 0 Å². The van der Waals surface area contributed by atoms with Crippen molar-refractivity contribution in [2.45, 2.75) is 64.6 Å². The van der Waals surface area contributed by atoms with Gasteiger partial charge in [-0.05, 0) is 78.9 Å². The van der Waals surface area contributed by atoms with Crippen LogP contribution in [0.15, 0.2) is 11.6 Å². The molecule has 0 bridgehead atoms. The predicted octanol–water partition coefficient (Wildman–Crippen LogP) is 2.75. The Morgan fingerprint density at radius 3 is 2.67 bits per heavy atom. The lowest BCUT2D eigenvalue weighted by molar-refractivity contribution is -0.108. The number of fused-ring (bicyclic) bond motifs is 7. The number of rotatable bonds is 1. The van der Waals surface area contributed by atoms with Gasteiger partial charge >= 0.3 is 0 Å². The molecule has 3 N–H and O–H groups in total. The molecule has 3 heteroatoms. The largest absolute Gasteiger partial charge is 0.396 e. The maximum Gasteiger partial charge on any atom is 0.0627 e. The molecule has 0 radical (unpaired) electrons. The monoisotopic (exact) mass is 332 g/mol. The zero-order chi connectivity index (χ0) is 16.9. The van der Waals surface area contributed by atoms with Crippen molar-refractivity contribution in [2.75, 3.05) is 6.61 Å². The summed E-state index contributed by atoms with van der Waals surface area (Å²) >= 11 is 0. The van der Waals surface area contributed by atoms with E-state index in [4.69, 9.17) is 0 Å². The van der Waals surface area contributed by atoms with E-state index in [1.54, 1.807) is 0 Å². The normalized spacial score (nSPS) is 61.3. The quantitative estimate of drug-likeness (QED) is 0.647. The van der Waals surface area contributed by atoms with Crippen LogP contribution in [0, 0.1) is 46.3 Å². The van der Waals surface area contributed by atoms with Gasteiger partial charge in [-0.2, -0.15) is 0 Å². The minimum Gasteiger partial charge on any atom is -0.396 e. The van der Waals surface area contributed by atoms with Crippen LogP contribution in [0.25, 0.3) is 0 Å². The molecule has 0 aromatic carbocycles. The van der Waals surface area contributed by atoms with Crippen LogP contribution in [0.5, 0.6) is 0 Å². The number of hydrogen-bond acceptors (Lipinski definition) is 3. The van der Waals surface area contributed by atoms with Crippen molar-refractivity contribution in [3.63, 3.8) is 0 Å². The van der Waals surface area contributed by atoms with E-state index in [0.717, 1.165) is 25.7 Å². The maximum atomic E-state index is 10.9. The van der Waals surface area contributed by atoms with Crippen LogP contribution in [0.1, 0.15) is 52.4 Å². The maximum absolute atomic E-state index is 10.9. The minimum absolute atomic E-state index is 0.0675. The summed E-state index contributed by atoms with van der Waals surface area (Å²) in [5, 5.41) is 31.2. The molecule has 4 saturated carbocycles. The van der Waals surface area contributed by atoms with Crippen molar-refractivity contribution in [2.24, 2.45) is 46.3 Å². The van der Waals surface area contributed by atoms with Gasteiger partial charge in [0.05, 0.1) is 12.2 Å². The van der Waals surface area contributed by atoms with Gasteiger partial charge in [0, 0.05) is 12.5 Å². The fourth-order valence-corrected chi connectivity index (χ4v) is 7.89. The lowest BCUT2D eigenvalue weighted by Crippen LogP contribution is -2.55. The van der Waals surface area contributed by atoms with Crippen molar-refractivity contribution in [1.82, 2.24) is 0 Å². The lowest BCUT2D eigenvalue weighted by atomic mass is 9.45. The zero-order valence-corrected chi connectivity index (χ0v) is 15.0. The van der Waals surface area contributed by atoms with Crippen LogP contribution in [-0.2, 0) is 0 Å². The van der Waals surface area contributed by atoms with E-state index in [0.29, 0.717) is 29.6 Å². The first kappa shape index (κ1) is 15.8. The molecule has 0 spiro atoms. The first-order valence-corrected chi connectivity index (χ1v) is 10.1. The molecule has 0 amide bonds. The zero-order valence-electron chi connectivity index (χ0n) is 15.0. The fraction of sp³-hybridized carbons (Fsp3) is 0.905. The van der Waals surface area contributed by atoms with Gasteiger partial charge in [0.2, 0.25) is 0 Å². The molecule has 134 valence electrons. The second-order valence-corrected chi connectivity index (χ2v) is 10.1. The van der Waals surface area contributed by atoms with Gasteiger partial charge in [0.1, 0.15) is 0 Å². The fourth-order valence-electron chi connectivity index (χ4n) is 7.89. The summed E-state index contributed by atoms with van der Waals surface area (Å²) in [7, 11) is 0. The van der Waals surface area contributed by atoms with Gasteiger partial charge in [-0.1, -0.05) is 25.5 Å². The van der Waals surface area contributed by atoms with Crippen molar-refractivity contribution in [1.29, 1.82) is 0 Å². The first-order valence-electron chi connectivity index (χ1n) is 10.1. The Morgan fingerprint density at radius 1 is 1.12 bits per heavy atom. The minimum atomic E-state index is -0.199. The Bertz CT molecular complexity index is 586. The van der Waals surface area contributed by atoms with Gasteiger partial charge in [0.15, 0.2) is 0 Å². The average molecular weight is 332 g/mol. The highest BCUT2D eigenvalue weighted by molar-refractivity contribution is 5.29. The second kappa shape index (κ2) is 4.86. The molecule has 0 aromatic heterocycles. The lowest BCUT2D eigenvalue weighted by Gasteiger charge is -2.60. The molecule has 5 aliphatic rings. The third-order valence-corrected chi connectivity index (χ3v) is 9.19. The second-order valence-electron chi connectivity index (χ2n) is 10.1. The SMILES string of the molecule is C[C@]12CC[C@H]3[C@H]([C@@H]1[C@@H]1C[C@@H]1[C@@H]2O)[C@@H](CO)C=C1C[C@@H](O)CC[C@@]13C. The molecule has 5 aliphatic carbocycles. The molecule has 0 aliphatic heterocycles. The summed E-state index contributed by atoms with van der Waals surface area (Å²) in [6, 6.07) is 0. The number of aliphatic hydroxyl groups is 3. The number of hydrogen-bond donors (Lipinski definition) is 3. The van der Waals surface area contributed by atoms with Crippen molar-refractivity contribution < 1.29 is 15.3 Å². The van der Waals surface area contributed by atoms with Crippen molar-refractivity contribution >= 4 is 0 Å². The topological polar surface area (TPSA) is 60.7 Å². The molecule has 0 aromatic rings. The van der Waals surface area contributed by atoms with Crippen LogP contribution in [0.4, 0.5) is 0 Å². The Kier molecular flexibility index (Phi) is 3.21. The summed E-state index contributed by atoms with van der Waals surface area (Å²) in [4.78, 5) is 0. The average Bonchev–Trinajstić information content (AvgIpc) is 3.30. The first-order chi connectivity index (χ1) is 11.4. The van der Waals surface area contributed by atoms with E-state index in [2.05, 4.69) is 19.9 Å². The Labute approximate surface area is 145 Å². The molecule has 4 fully saturated rings. The summed E-state index contributed by atoms with van der Waals surface area (Å²) in [6.07, 6.45) is 8.33. The van der Waals surface area contributed by atoms with Crippen LogP contribution in [0.3, 0.4) is 0 Å². The summed E-state index contributed by atoms with van der Waals surface area (Å²) in [6.45, 7) is 4.97. The van der Waals surface area contributed by atoms with E-state index < -0.39 is 0 Å². The van der Waals surface area contributed by atoms with E-state index in [1.165, 1.54) is 18.4 Å². The van der Waals surface area contributed by atoms with Gasteiger partial charge in [-0.25, -0.2) is 0 Å². The molecular weight excluding hydrogens is 300 g/mol. The van der Waals surface area contributed by atoms with E-state index in [1.807, 2.05) is 0 Å². The molecule has 3 nitrogen and oxygen atoms in total. The molecule has 5 rings (SSSR count). The number of aliphatic hydroxyl groups excluding tert-OH is 3. The van der Waals surface area contributed by atoms with Gasteiger partial charge < -0.3 is 15.3 Å². The standard InChI is InChI=1S/C21H32O3/c1-20-5-3-13(23)8-12(20)7-11(10-22)17-16(20)4-6-21(2)18(17)14-9-15(14)19(21)24/h7,11,13-19,22-24H,3-6,8-10H2,1-2H3/t11-,13+,14-,15+,16+,17-,18+,19+,20+,21+/m1/s1. The van der Waals surface area contributed by atoms with Crippen molar-refractivity contribution in [3.05, 3.63) is 11.6 Å². The van der Waals surface area contributed by atoms with Crippen LogP contribution in [0.2, 0.25) is 0 Å². The Morgan fingerprint density at radius 2 is 1.92 bits per heavy atom. The van der Waals surface area contributed by atoms with E-state index in [9.17, 15) is 15.3 Å². The smallest absolute Gasteiger partial charge is 0.0627 e. The molecule has 24 heavy (non-hydrogen) atoms. The van der Waals surface area contributed by atoms with Gasteiger partial charge in [-0.15, -0.1) is 0 Å². The Balaban J connectivity index is 1.58. The third-order valence-electron chi connectivity index (χ3n) is 9.19. The summed E-state index contributed by atoms with van der Waals surface area (Å²) < 4.78 is 0. The third kappa shape index (κ3) is 1.79. The van der Waals surface area contributed by atoms with Crippen molar-refractivity contribution in [3.8, 4) is 0 Å². The van der Waals surface area contributed by atoms with E-state index >= 15 is 0 Å². The van der Waals surface area contributed by atoms with Crippen LogP contribution in [-0.4, -0.2) is 34.1 Å². The predicted molar refractivity (Wildman–Crippen MR) is 92.0 cm³/mol. The Hall–Kier alpha value is -0.380. The molecule has 0 unspecified atom stereocenters. The highest BCUT2D eigenvalue weighted by Gasteiger charge is 2.70. The highest BCUT2D eigenvalue weighted by Crippen LogP contribution is 2.73.